The van der Waals surface area contributed by atoms with Crippen LogP contribution in [0.3, 0.4) is 0 Å². The van der Waals surface area contributed by atoms with E-state index in [4.69, 9.17) is 0 Å². The van der Waals surface area contributed by atoms with Gasteiger partial charge in [0.05, 0.1) is 6.61 Å². The van der Waals surface area contributed by atoms with Crippen molar-refractivity contribution in [2.75, 3.05) is 6.61 Å². The Hall–Kier alpha value is -1.03. The van der Waals surface area contributed by atoms with Gasteiger partial charge in [0.25, 0.3) is 0 Å². The summed E-state index contributed by atoms with van der Waals surface area (Å²) in [5, 5.41) is 9.38. The van der Waals surface area contributed by atoms with Gasteiger partial charge in [0.2, 0.25) is 0 Å². The number of aliphatic hydroxyl groups is 1. The number of halogens is 3. The Balaban J connectivity index is 3.49. The van der Waals surface area contributed by atoms with Gasteiger partial charge < -0.3 is 5.11 Å². The van der Waals surface area contributed by atoms with Crippen LogP contribution in [0.2, 0.25) is 0 Å². The van der Waals surface area contributed by atoms with E-state index in [9.17, 15) is 18.3 Å². The maximum Gasteiger partial charge on any atom is 0.401 e. The standard InChI is InChI=1S/C13H17F3O/c1-11(2,3)12(9-17,13(14,15)16)10-7-5-4-6-8-10/h4-8,17H,9H2,1-3H3. The van der Waals surface area contributed by atoms with Crippen LogP contribution in [0.1, 0.15) is 26.3 Å². The van der Waals surface area contributed by atoms with Gasteiger partial charge in [0.15, 0.2) is 0 Å². The molecule has 0 heterocycles. The third-order valence-corrected chi connectivity index (χ3v) is 3.27. The van der Waals surface area contributed by atoms with Crippen LogP contribution in [0.4, 0.5) is 13.2 Å². The van der Waals surface area contributed by atoms with Crippen molar-refractivity contribution in [3.63, 3.8) is 0 Å². The molecule has 0 aliphatic heterocycles. The number of aliphatic hydroxyl groups excluding tert-OH is 1. The second-order valence-corrected chi connectivity index (χ2v) is 5.18. The second kappa shape index (κ2) is 4.33. The fourth-order valence-electron chi connectivity index (χ4n) is 2.16. The molecule has 1 N–H and O–H groups in total. The molecule has 0 amide bonds. The fourth-order valence-corrected chi connectivity index (χ4v) is 2.16. The molecule has 17 heavy (non-hydrogen) atoms. The molecule has 0 saturated carbocycles. The Morgan fingerprint density at radius 3 is 1.76 bits per heavy atom. The molecule has 4 heteroatoms. The van der Waals surface area contributed by atoms with Crippen LogP contribution in [-0.4, -0.2) is 17.9 Å². The number of hydrogen-bond acceptors (Lipinski definition) is 1. The lowest BCUT2D eigenvalue weighted by atomic mass is 9.62. The van der Waals surface area contributed by atoms with E-state index in [0.717, 1.165) is 0 Å². The summed E-state index contributed by atoms with van der Waals surface area (Å²) in [7, 11) is 0. The average Bonchev–Trinajstić information content (AvgIpc) is 2.16. The Bertz CT molecular complexity index is 348. The van der Waals surface area contributed by atoms with E-state index < -0.39 is 23.6 Å². The number of hydrogen-bond donors (Lipinski definition) is 1. The maximum atomic E-state index is 13.4. The van der Waals surface area contributed by atoms with Gasteiger partial charge in [-0.2, -0.15) is 13.2 Å². The quantitative estimate of drug-likeness (QED) is 0.846. The summed E-state index contributed by atoms with van der Waals surface area (Å²) >= 11 is 0. The minimum Gasteiger partial charge on any atom is -0.395 e. The zero-order valence-electron chi connectivity index (χ0n) is 10.2. The second-order valence-electron chi connectivity index (χ2n) is 5.18. The predicted molar refractivity (Wildman–Crippen MR) is 60.7 cm³/mol. The number of rotatable bonds is 2. The molecule has 1 atom stereocenters. The third kappa shape index (κ3) is 2.18. The summed E-state index contributed by atoms with van der Waals surface area (Å²) in [5.41, 5.74) is -3.26. The molecule has 0 spiro atoms. The Morgan fingerprint density at radius 1 is 1.00 bits per heavy atom. The first-order valence-electron chi connectivity index (χ1n) is 5.40. The number of alkyl halides is 3. The van der Waals surface area contributed by atoms with Crippen LogP contribution in [0.15, 0.2) is 30.3 Å². The van der Waals surface area contributed by atoms with Gasteiger partial charge in [-0.3, -0.25) is 0 Å². The molecule has 0 bridgehead atoms. The molecule has 0 aliphatic rings. The van der Waals surface area contributed by atoms with Gasteiger partial charge in [-0.1, -0.05) is 51.1 Å². The van der Waals surface area contributed by atoms with Gasteiger partial charge in [-0.05, 0) is 11.0 Å². The van der Waals surface area contributed by atoms with Crippen LogP contribution in [0.25, 0.3) is 0 Å². The lowest BCUT2D eigenvalue weighted by Crippen LogP contribution is -2.54. The first-order valence-corrected chi connectivity index (χ1v) is 5.40. The van der Waals surface area contributed by atoms with Gasteiger partial charge in [0, 0.05) is 0 Å². The molecular formula is C13H17F3O. The van der Waals surface area contributed by atoms with E-state index in [1.165, 1.54) is 32.9 Å². The summed E-state index contributed by atoms with van der Waals surface area (Å²) in [6.45, 7) is 3.52. The van der Waals surface area contributed by atoms with Crippen molar-refractivity contribution in [3.05, 3.63) is 35.9 Å². The third-order valence-electron chi connectivity index (χ3n) is 3.27. The Labute approximate surface area is 99.3 Å². The topological polar surface area (TPSA) is 20.2 Å². The highest BCUT2D eigenvalue weighted by molar-refractivity contribution is 5.30. The van der Waals surface area contributed by atoms with Crippen LogP contribution in [0, 0.1) is 5.41 Å². The van der Waals surface area contributed by atoms with Crippen molar-refractivity contribution in [2.24, 2.45) is 5.41 Å². The highest BCUT2D eigenvalue weighted by Gasteiger charge is 2.61. The summed E-state index contributed by atoms with van der Waals surface area (Å²) in [6, 6.07) is 7.59. The summed E-state index contributed by atoms with van der Waals surface area (Å²) in [5.74, 6) is 0. The van der Waals surface area contributed by atoms with Crippen molar-refractivity contribution in [3.8, 4) is 0 Å². The molecule has 0 fully saturated rings. The molecule has 0 radical (unpaired) electrons. The van der Waals surface area contributed by atoms with Gasteiger partial charge in [-0.25, -0.2) is 0 Å². The SMILES string of the molecule is CC(C)(C)C(CO)(c1ccccc1)C(F)(F)F. The van der Waals surface area contributed by atoms with Gasteiger partial charge in [-0.15, -0.1) is 0 Å². The molecular weight excluding hydrogens is 229 g/mol. The largest absolute Gasteiger partial charge is 0.401 e. The summed E-state index contributed by atoms with van der Waals surface area (Å²) in [4.78, 5) is 0. The molecule has 1 rings (SSSR count). The Kier molecular flexibility index (Phi) is 3.58. The normalized spacial score (nSPS) is 16.6. The molecule has 0 saturated heterocycles. The van der Waals surface area contributed by atoms with Crippen LogP contribution >= 0.6 is 0 Å². The first kappa shape index (κ1) is 14.0. The maximum absolute atomic E-state index is 13.4. The first-order chi connectivity index (χ1) is 7.67. The molecule has 96 valence electrons. The average molecular weight is 246 g/mol. The van der Waals surface area contributed by atoms with Crippen molar-refractivity contribution in [2.45, 2.75) is 32.4 Å². The molecule has 1 nitrogen and oxygen atoms in total. The minimum absolute atomic E-state index is 0.0995. The summed E-state index contributed by atoms with van der Waals surface area (Å²) < 4.78 is 40.2. The van der Waals surface area contributed by atoms with Crippen LogP contribution in [-0.2, 0) is 5.41 Å². The zero-order valence-corrected chi connectivity index (χ0v) is 10.2. The van der Waals surface area contributed by atoms with E-state index in [1.807, 2.05) is 0 Å². The zero-order chi connectivity index (χ0) is 13.3. The lowest BCUT2D eigenvalue weighted by Gasteiger charge is -2.45. The van der Waals surface area contributed by atoms with Crippen LogP contribution in [0.5, 0.6) is 0 Å². The number of benzene rings is 1. The van der Waals surface area contributed by atoms with E-state index >= 15 is 0 Å². The molecule has 1 aromatic carbocycles. The molecule has 0 aliphatic carbocycles. The van der Waals surface area contributed by atoms with E-state index in [0.29, 0.717) is 0 Å². The molecule has 0 aromatic heterocycles. The Morgan fingerprint density at radius 2 is 1.47 bits per heavy atom. The molecule has 1 aromatic rings. The van der Waals surface area contributed by atoms with Crippen molar-refractivity contribution >= 4 is 0 Å². The van der Waals surface area contributed by atoms with E-state index in [-0.39, 0.29) is 5.56 Å². The predicted octanol–water partition coefficient (Wildman–Crippen LogP) is 3.53. The highest BCUT2D eigenvalue weighted by atomic mass is 19.4. The monoisotopic (exact) mass is 246 g/mol. The van der Waals surface area contributed by atoms with Crippen LogP contribution < -0.4 is 0 Å². The van der Waals surface area contributed by atoms with Gasteiger partial charge >= 0.3 is 6.18 Å². The van der Waals surface area contributed by atoms with Crippen molar-refractivity contribution in [1.82, 2.24) is 0 Å². The molecule has 1 unspecified atom stereocenters. The lowest BCUT2D eigenvalue weighted by molar-refractivity contribution is -0.230. The van der Waals surface area contributed by atoms with E-state index in [2.05, 4.69) is 0 Å². The van der Waals surface area contributed by atoms with Gasteiger partial charge in [0.1, 0.15) is 5.41 Å². The minimum atomic E-state index is -4.50. The van der Waals surface area contributed by atoms with E-state index in [1.54, 1.807) is 18.2 Å². The van der Waals surface area contributed by atoms with Crippen molar-refractivity contribution in [1.29, 1.82) is 0 Å². The smallest absolute Gasteiger partial charge is 0.395 e. The highest BCUT2D eigenvalue weighted by Crippen LogP contribution is 2.52. The fraction of sp³-hybridized carbons (Fsp3) is 0.538. The van der Waals surface area contributed by atoms with Crippen molar-refractivity contribution < 1.29 is 18.3 Å². The summed E-state index contributed by atoms with van der Waals surface area (Å²) in [6.07, 6.45) is -4.50.